The fourth-order valence-electron chi connectivity index (χ4n) is 2.51. The number of hydrogen-bond acceptors (Lipinski definition) is 3. The van der Waals surface area contributed by atoms with Crippen LogP contribution in [-0.4, -0.2) is 30.6 Å². The number of carboxylic acids is 1. The van der Waals surface area contributed by atoms with Gasteiger partial charge in [0.15, 0.2) is 6.61 Å². The van der Waals surface area contributed by atoms with Crippen molar-refractivity contribution in [1.29, 1.82) is 0 Å². The number of ether oxygens (including phenoxy) is 1. The molecule has 1 amide bonds. The highest BCUT2D eigenvalue weighted by molar-refractivity contribution is 5.92. The van der Waals surface area contributed by atoms with Crippen LogP contribution in [0.25, 0.3) is 0 Å². The van der Waals surface area contributed by atoms with E-state index in [2.05, 4.69) is 19.1 Å². The molecule has 0 fully saturated rings. The van der Waals surface area contributed by atoms with Gasteiger partial charge in [0, 0.05) is 19.2 Å². The highest BCUT2D eigenvalue weighted by atomic mass is 16.5. The average molecular weight is 341 g/mol. The summed E-state index contributed by atoms with van der Waals surface area (Å²) in [5.74, 6) is -0.194. The second-order valence-corrected chi connectivity index (χ2v) is 5.98. The Hall–Kier alpha value is -2.82. The van der Waals surface area contributed by atoms with Gasteiger partial charge < -0.3 is 14.7 Å². The Labute approximate surface area is 147 Å². The van der Waals surface area contributed by atoms with Crippen LogP contribution < -0.4 is 9.64 Å². The fourth-order valence-corrected chi connectivity index (χ4v) is 2.51. The van der Waals surface area contributed by atoms with Gasteiger partial charge in [0.2, 0.25) is 5.91 Å². The number of carboxylic acid groups (broad SMARTS) is 1. The third-order valence-electron chi connectivity index (χ3n) is 4.12. The highest BCUT2D eigenvalue weighted by Crippen LogP contribution is 2.23. The van der Waals surface area contributed by atoms with E-state index in [0.29, 0.717) is 18.1 Å². The molecule has 0 aliphatic rings. The van der Waals surface area contributed by atoms with Crippen molar-refractivity contribution in [3.05, 3.63) is 60.2 Å². The van der Waals surface area contributed by atoms with E-state index >= 15 is 0 Å². The van der Waals surface area contributed by atoms with Crippen LogP contribution >= 0.6 is 0 Å². The minimum absolute atomic E-state index is 0.0435. The van der Waals surface area contributed by atoms with Gasteiger partial charge in [-0.3, -0.25) is 4.79 Å². The van der Waals surface area contributed by atoms with Gasteiger partial charge in [-0.2, -0.15) is 0 Å². The lowest BCUT2D eigenvalue weighted by Gasteiger charge is -2.19. The van der Waals surface area contributed by atoms with Crippen molar-refractivity contribution in [2.24, 2.45) is 0 Å². The number of rotatable bonds is 8. The lowest BCUT2D eigenvalue weighted by molar-refractivity contribution is -0.139. The molecule has 0 radical (unpaired) electrons. The van der Waals surface area contributed by atoms with Gasteiger partial charge in [-0.25, -0.2) is 4.79 Å². The first-order valence-electron chi connectivity index (χ1n) is 8.23. The first-order valence-corrected chi connectivity index (χ1v) is 8.23. The molecule has 0 spiro atoms. The smallest absolute Gasteiger partial charge is 0.341 e. The van der Waals surface area contributed by atoms with Crippen LogP contribution in [0.2, 0.25) is 0 Å². The maximum Gasteiger partial charge on any atom is 0.341 e. The van der Waals surface area contributed by atoms with E-state index in [1.54, 1.807) is 36.2 Å². The van der Waals surface area contributed by atoms with Gasteiger partial charge in [0.25, 0.3) is 0 Å². The first kappa shape index (κ1) is 18.5. The second kappa shape index (κ2) is 8.87. The molecule has 1 N–H and O–H groups in total. The Morgan fingerprint density at radius 1 is 1.08 bits per heavy atom. The summed E-state index contributed by atoms with van der Waals surface area (Å²) >= 11 is 0. The fraction of sp³-hybridized carbons (Fsp3) is 0.300. The number of aliphatic carboxylic acids is 1. The number of carbonyl (C=O) groups excluding carboxylic acids is 1. The second-order valence-electron chi connectivity index (χ2n) is 5.98. The number of hydrogen-bond donors (Lipinski definition) is 1. The molecule has 2 aromatic carbocycles. The van der Waals surface area contributed by atoms with Gasteiger partial charge in [0.05, 0.1) is 0 Å². The topological polar surface area (TPSA) is 66.8 Å². The van der Waals surface area contributed by atoms with Crippen LogP contribution in [0.4, 0.5) is 5.69 Å². The van der Waals surface area contributed by atoms with Gasteiger partial charge in [-0.05, 0) is 42.2 Å². The third-order valence-corrected chi connectivity index (χ3v) is 4.12. The van der Waals surface area contributed by atoms with E-state index in [4.69, 9.17) is 9.84 Å². The van der Waals surface area contributed by atoms with Crippen LogP contribution in [0, 0.1) is 0 Å². The third kappa shape index (κ3) is 5.64. The summed E-state index contributed by atoms with van der Waals surface area (Å²) in [7, 11) is 1.74. The molecule has 1 atom stereocenters. The highest BCUT2D eigenvalue weighted by Gasteiger charge is 2.14. The van der Waals surface area contributed by atoms with Gasteiger partial charge in [-0.15, -0.1) is 0 Å². The molecular weight excluding hydrogens is 318 g/mol. The van der Waals surface area contributed by atoms with Gasteiger partial charge in [0.1, 0.15) is 5.75 Å². The van der Waals surface area contributed by atoms with E-state index in [9.17, 15) is 9.59 Å². The van der Waals surface area contributed by atoms with Crippen molar-refractivity contribution in [3.8, 4) is 5.75 Å². The summed E-state index contributed by atoms with van der Waals surface area (Å²) in [6, 6.07) is 17.0. The van der Waals surface area contributed by atoms with Crippen molar-refractivity contribution in [3.63, 3.8) is 0 Å². The maximum absolute atomic E-state index is 12.4. The summed E-state index contributed by atoms with van der Waals surface area (Å²) in [4.78, 5) is 24.5. The zero-order chi connectivity index (χ0) is 18.2. The molecule has 5 heteroatoms. The largest absolute Gasteiger partial charge is 0.482 e. The lowest BCUT2D eigenvalue weighted by Crippen LogP contribution is -2.26. The standard InChI is InChI=1S/C20H23NO4/c1-15(16-6-4-3-5-7-16)8-13-19(22)21(2)17-9-11-18(12-10-17)25-14-20(23)24/h3-7,9-12,15H,8,13-14H2,1-2H3,(H,23,24). The van der Waals surface area contributed by atoms with Gasteiger partial charge in [-0.1, -0.05) is 37.3 Å². The van der Waals surface area contributed by atoms with E-state index < -0.39 is 5.97 Å². The van der Waals surface area contributed by atoms with Crippen molar-refractivity contribution >= 4 is 17.6 Å². The summed E-state index contributed by atoms with van der Waals surface area (Å²) in [5, 5.41) is 8.60. The van der Waals surface area contributed by atoms with E-state index in [0.717, 1.165) is 12.1 Å². The molecule has 0 bridgehead atoms. The molecule has 132 valence electrons. The number of anilines is 1. The molecule has 0 heterocycles. The Morgan fingerprint density at radius 3 is 2.32 bits per heavy atom. The molecule has 0 saturated carbocycles. The minimum Gasteiger partial charge on any atom is -0.482 e. The average Bonchev–Trinajstić information content (AvgIpc) is 2.64. The normalized spacial score (nSPS) is 11.6. The Bertz CT molecular complexity index is 697. The lowest BCUT2D eigenvalue weighted by atomic mass is 9.96. The summed E-state index contributed by atoms with van der Waals surface area (Å²) in [5.41, 5.74) is 1.98. The zero-order valence-corrected chi connectivity index (χ0v) is 14.5. The van der Waals surface area contributed by atoms with E-state index in [-0.39, 0.29) is 12.5 Å². The monoisotopic (exact) mass is 341 g/mol. The Morgan fingerprint density at radius 2 is 1.72 bits per heavy atom. The van der Waals surface area contributed by atoms with Crippen LogP contribution in [0.15, 0.2) is 54.6 Å². The maximum atomic E-state index is 12.4. The van der Waals surface area contributed by atoms with Crippen molar-refractivity contribution < 1.29 is 19.4 Å². The molecule has 0 saturated heterocycles. The molecule has 25 heavy (non-hydrogen) atoms. The number of carbonyl (C=O) groups is 2. The molecule has 0 aliphatic carbocycles. The Balaban J connectivity index is 1.87. The number of amides is 1. The van der Waals surface area contributed by atoms with Crippen LogP contribution in [-0.2, 0) is 9.59 Å². The molecule has 0 aromatic heterocycles. The Kier molecular flexibility index (Phi) is 6.57. The van der Waals surface area contributed by atoms with Crippen molar-refractivity contribution in [2.45, 2.75) is 25.7 Å². The SMILES string of the molecule is CC(CCC(=O)N(C)c1ccc(OCC(=O)O)cc1)c1ccccc1. The number of nitrogens with zero attached hydrogens (tertiary/aromatic N) is 1. The van der Waals surface area contributed by atoms with Crippen molar-refractivity contribution in [2.75, 3.05) is 18.6 Å². The minimum atomic E-state index is -1.02. The first-order chi connectivity index (χ1) is 12.0. The van der Waals surface area contributed by atoms with E-state index in [1.807, 2.05) is 18.2 Å². The summed E-state index contributed by atoms with van der Waals surface area (Å²) < 4.78 is 5.09. The van der Waals surface area contributed by atoms with E-state index in [1.165, 1.54) is 5.56 Å². The molecular formula is C20H23NO4. The quantitative estimate of drug-likeness (QED) is 0.795. The predicted octanol–water partition coefficient (Wildman–Crippen LogP) is 3.70. The van der Waals surface area contributed by atoms with Gasteiger partial charge >= 0.3 is 5.97 Å². The van der Waals surface area contributed by atoms with Crippen LogP contribution in [0.1, 0.15) is 31.2 Å². The predicted molar refractivity (Wildman–Crippen MR) is 97.1 cm³/mol. The summed E-state index contributed by atoms with van der Waals surface area (Å²) in [6.45, 7) is 1.74. The number of benzene rings is 2. The molecule has 5 nitrogen and oxygen atoms in total. The molecule has 2 aromatic rings. The van der Waals surface area contributed by atoms with Crippen LogP contribution in [0.5, 0.6) is 5.75 Å². The molecule has 1 unspecified atom stereocenters. The van der Waals surface area contributed by atoms with Crippen molar-refractivity contribution in [1.82, 2.24) is 0 Å². The zero-order valence-electron chi connectivity index (χ0n) is 14.5. The van der Waals surface area contributed by atoms with Crippen LogP contribution in [0.3, 0.4) is 0 Å². The molecule has 2 rings (SSSR count). The summed E-state index contributed by atoms with van der Waals surface area (Å²) in [6.07, 6.45) is 1.25. The molecule has 0 aliphatic heterocycles.